The van der Waals surface area contributed by atoms with Crippen LogP contribution in [0.3, 0.4) is 0 Å². The van der Waals surface area contributed by atoms with Crippen LogP contribution >= 0.6 is 28.1 Å². The van der Waals surface area contributed by atoms with Gasteiger partial charge in [0.25, 0.3) is 0 Å². The molecule has 3 atom stereocenters. The van der Waals surface area contributed by atoms with Crippen LogP contribution in [0.4, 0.5) is 5.69 Å². The summed E-state index contributed by atoms with van der Waals surface area (Å²) in [6, 6.07) is 7.76. The van der Waals surface area contributed by atoms with Crippen molar-refractivity contribution in [2.24, 2.45) is 0 Å². The monoisotopic (exact) mass is 347 g/mol. The molecule has 4 nitrogen and oxygen atoms in total. The predicted octanol–water partition coefficient (Wildman–Crippen LogP) is 1.87. The van der Waals surface area contributed by atoms with Gasteiger partial charge in [-0.2, -0.15) is 4.55 Å². The van der Waals surface area contributed by atoms with Gasteiger partial charge < -0.3 is 10.2 Å². The van der Waals surface area contributed by atoms with Crippen LogP contribution in [-0.2, 0) is 14.4 Å². The quantitative estimate of drug-likeness (QED) is 0.600. The summed E-state index contributed by atoms with van der Waals surface area (Å²) in [6.07, 6.45) is 0. The Morgan fingerprint density at radius 2 is 2.06 bits per heavy atom. The molecule has 2 heterocycles. The van der Waals surface area contributed by atoms with Gasteiger partial charge in [-0.15, -0.1) is 0 Å². The van der Waals surface area contributed by atoms with E-state index in [1.807, 2.05) is 29.2 Å². The second-order valence-corrected chi connectivity index (χ2v) is 8.09. The van der Waals surface area contributed by atoms with Crippen molar-refractivity contribution in [1.82, 2.24) is 5.32 Å². The van der Waals surface area contributed by atoms with Gasteiger partial charge >= 0.3 is 0 Å². The zero-order chi connectivity index (χ0) is 12.9. The van der Waals surface area contributed by atoms with Gasteiger partial charge in [-0.3, -0.25) is 0 Å². The average Bonchev–Trinajstić information content (AvgIpc) is 2.70. The normalized spacial score (nSPS) is 34.6. The number of nitrogens with one attached hydrogen (secondary N) is 1. The van der Waals surface area contributed by atoms with Crippen LogP contribution in [0.1, 0.15) is 0 Å². The number of halogens is 1. The van der Waals surface area contributed by atoms with E-state index in [9.17, 15) is 8.76 Å². The second-order valence-electron chi connectivity index (χ2n) is 4.58. The van der Waals surface area contributed by atoms with E-state index < -0.39 is 10.2 Å². The Morgan fingerprint density at radius 1 is 1.39 bits per heavy atom. The summed E-state index contributed by atoms with van der Waals surface area (Å²) in [6.45, 7) is 0. The van der Waals surface area contributed by atoms with E-state index in [1.165, 1.54) is 0 Å². The fraction of sp³-hybridized carbons (Fsp3) is 0.364. The highest BCUT2D eigenvalue weighted by Crippen LogP contribution is 2.31. The smallest absolute Gasteiger partial charge is 0.218 e. The predicted molar refractivity (Wildman–Crippen MR) is 80.3 cm³/mol. The van der Waals surface area contributed by atoms with Gasteiger partial charge in [0.15, 0.2) is 16.6 Å². The molecule has 0 bridgehead atoms. The zero-order valence-electron chi connectivity index (χ0n) is 9.38. The first-order valence-electron chi connectivity index (χ1n) is 5.53. The van der Waals surface area contributed by atoms with E-state index in [4.69, 9.17) is 12.2 Å². The lowest BCUT2D eigenvalue weighted by atomic mass is 10.1. The molecular weight excluding hydrogens is 336 g/mol. The van der Waals surface area contributed by atoms with E-state index in [1.54, 1.807) is 0 Å². The molecule has 2 fully saturated rings. The Labute approximate surface area is 120 Å². The van der Waals surface area contributed by atoms with Crippen molar-refractivity contribution in [3.63, 3.8) is 0 Å². The maximum absolute atomic E-state index is 11.8. The van der Waals surface area contributed by atoms with Crippen LogP contribution < -0.4 is 10.2 Å². The highest BCUT2D eigenvalue weighted by Gasteiger charge is 2.54. The molecule has 7 heteroatoms. The summed E-state index contributed by atoms with van der Waals surface area (Å²) < 4.78 is 22.5. The van der Waals surface area contributed by atoms with Crippen molar-refractivity contribution in [3.8, 4) is 0 Å². The lowest BCUT2D eigenvalue weighted by Crippen LogP contribution is -2.37. The van der Waals surface area contributed by atoms with Gasteiger partial charge in [-0.05, 0) is 36.5 Å². The standard InChI is InChI=1S/C11H11BrN2O2S2/c12-7-1-3-8(4-2-7)14-10-6-18(15,16)5-9(10)13-11(14)17/h1-4,9-10H,5-6H2,(H-,13,15,16,17)/p+1/t9-,10+/m1/s1. The van der Waals surface area contributed by atoms with Gasteiger partial charge in [0, 0.05) is 10.2 Å². The van der Waals surface area contributed by atoms with Crippen LogP contribution in [-0.4, -0.2) is 33.3 Å². The van der Waals surface area contributed by atoms with E-state index >= 15 is 0 Å². The van der Waals surface area contributed by atoms with Crippen molar-refractivity contribution in [2.75, 3.05) is 16.4 Å². The molecule has 1 aromatic carbocycles. The number of rotatable bonds is 1. The Bertz CT molecular complexity index is 548. The number of hydrogen-bond acceptors (Lipinski definition) is 2. The van der Waals surface area contributed by atoms with Crippen molar-refractivity contribution in [1.29, 1.82) is 0 Å². The molecule has 0 radical (unpaired) electrons. The largest absolute Gasteiger partial charge is 0.352 e. The van der Waals surface area contributed by atoms with Crippen LogP contribution in [0.5, 0.6) is 0 Å². The molecule has 0 aromatic heterocycles. The number of nitrogens with zero attached hydrogens (tertiary/aromatic N) is 1. The van der Waals surface area contributed by atoms with Crippen LogP contribution in [0.25, 0.3) is 0 Å². The molecule has 18 heavy (non-hydrogen) atoms. The average molecular weight is 348 g/mol. The molecule has 2 aliphatic heterocycles. The third-order valence-electron chi connectivity index (χ3n) is 3.30. The van der Waals surface area contributed by atoms with Crippen LogP contribution in [0, 0.1) is 0 Å². The second kappa shape index (κ2) is 4.26. The molecule has 2 aliphatic rings. The fourth-order valence-corrected chi connectivity index (χ4v) is 5.10. The molecule has 1 unspecified atom stereocenters. The summed E-state index contributed by atoms with van der Waals surface area (Å²) in [7, 11) is -2.70. The number of fused-ring (bicyclic) bond motifs is 1. The first-order chi connectivity index (χ1) is 8.46. The minimum absolute atomic E-state index is 0.0151. The molecule has 0 amide bonds. The Hall–Kier alpha value is -0.500. The maximum atomic E-state index is 11.8. The Morgan fingerprint density at radius 3 is 2.72 bits per heavy atom. The van der Waals surface area contributed by atoms with Crippen molar-refractivity contribution < 1.29 is 8.76 Å². The van der Waals surface area contributed by atoms with E-state index in [2.05, 4.69) is 21.2 Å². The SMILES string of the molecule is O=[S+]1(O)C[C@H]2NC(=S)N(c3ccc(Br)cc3)[C@H]2C1. The third kappa shape index (κ3) is 2.09. The molecule has 2 saturated heterocycles. The molecule has 1 aromatic rings. The van der Waals surface area contributed by atoms with Crippen LogP contribution in [0.2, 0.25) is 0 Å². The van der Waals surface area contributed by atoms with Crippen molar-refractivity contribution in [3.05, 3.63) is 28.7 Å². The summed E-state index contributed by atoms with van der Waals surface area (Å²) >= 11 is 8.70. The lowest BCUT2D eigenvalue weighted by molar-refractivity contribution is 0.502. The van der Waals surface area contributed by atoms with Gasteiger partial charge in [0.05, 0.1) is 0 Å². The topological polar surface area (TPSA) is 52.6 Å². The van der Waals surface area contributed by atoms with E-state index in [0.717, 1.165) is 10.2 Å². The molecule has 0 saturated carbocycles. The maximum Gasteiger partial charge on any atom is 0.218 e. The number of anilines is 1. The molecule has 2 N–H and O–H groups in total. The van der Waals surface area contributed by atoms with E-state index in [-0.39, 0.29) is 23.6 Å². The molecular formula is C11H12BrN2O2S2+. The highest BCUT2D eigenvalue weighted by atomic mass is 79.9. The summed E-state index contributed by atoms with van der Waals surface area (Å²) in [4.78, 5) is 1.95. The van der Waals surface area contributed by atoms with Gasteiger partial charge in [-0.25, -0.2) is 0 Å². The first-order valence-corrected chi connectivity index (χ1v) is 8.59. The number of thiocarbonyl (C=S) groups is 1. The van der Waals surface area contributed by atoms with Crippen LogP contribution in [0.15, 0.2) is 28.7 Å². The molecule has 0 aliphatic carbocycles. The molecule has 0 spiro atoms. The minimum Gasteiger partial charge on any atom is -0.352 e. The Balaban J connectivity index is 1.94. The lowest BCUT2D eigenvalue weighted by Gasteiger charge is -2.22. The van der Waals surface area contributed by atoms with Crippen molar-refractivity contribution >= 4 is 49.2 Å². The van der Waals surface area contributed by atoms with E-state index in [0.29, 0.717) is 5.11 Å². The molecule has 96 valence electrons. The summed E-state index contributed by atoms with van der Waals surface area (Å²) in [5.74, 6) is 0.561. The third-order valence-corrected chi connectivity index (χ3v) is 5.89. The molecule has 3 rings (SSSR count). The highest BCUT2D eigenvalue weighted by molar-refractivity contribution is 9.10. The Kier molecular flexibility index (Phi) is 2.97. The zero-order valence-corrected chi connectivity index (χ0v) is 12.6. The number of benzene rings is 1. The van der Waals surface area contributed by atoms with Gasteiger partial charge in [0.1, 0.15) is 12.1 Å². The number of hydrogen-bond donors (Lipinski definition) is 2. The minimum atomic E-state index is -2.70. The first kappa shape index (κ1) is 12.5. The van der Waals surface area contributed by atoms with Gasteiger partial charge in [-0.1, -0.05) is 20.1 Å². The summed E-state index contributed by atoms with van der Waals surface area (Å²) in [5, 5.41) is 3.78. The van der Waals surface area contributed by atoms with Gasteiger partial charge in [0.2, 0.25) is 10.2 Å². The summed E-state index contributed by atoms with van der Waals surface area (Å²) in [5.41, 5.74) is 0.959. The van der Waals surface area contributed by atoms with Crippen molar-refractivity contribution in [2.45, 2.75) is 12.1 Å². The fourth-order valence-electron chi connectivity index (χ4n) is 2.52.